The van der Waals surface area contributed by atoms with Gasteiger partial charge in [-0.2, -0.15) is 0 Å². The van der Waals surface area contributed by atoms with Crippen molar-refractivity contribution in [1.82, 2.24) is 0 Å². The fraction of sp³-hybridized carbons (Fsp3) is 0.889. The Morgan fingerprint density at radius 2 is 0.679 bits per heavy atom. The van der Waals surface area contributed by atoms with Gasteiger partial charge in [0.2, 0.25) is 0 Å². The van der Waals surface area contributed by atoms with Crippen LogP contribution in [0.1, 0.15) is 125 Å². The van der Waals surface area contributed by atoms with Gasteiger partial charge in [0.25, 0.3) is 60.0 Å². The summed E-state index contributed by atoms with van der Waals surface area (Å²) in [4.78, 5) is 28.6. The molecule has 56 heavy (non-hydrogen) atoms. The zero-order valence-electron chi connectivity index (χ0n) is 38.8. The fourth-order valence-corrected chi connectivity index (χ4v) is 33.8. The van der Waals surface area contributed by atoms with Crippen LogP contribution < -0.4 is 0 Å². The normalized spacial score (nSPS) is 27.8. The van der Waals surface area contributed by atoms with E-state index in [4.69, 9.17) is 42.4 Å². The lowest BCUT2D eigenvalue weighted by molar-refractivity contribution is -0.216. The summed E-state index contributed by atoms with van der Waals surface area (Å²) >= 11 is 0. The van der Waals surface area contributed by atoms with Crippen LogP contribution in [0.2, 0.25) is 23.2 Å². The van der Waals surface area contributed by atoms with Crippen molar-refractivity contribution >= 4 is 89.1 Å². The minimum atomic E-state index is -2.96. The molecule has 2 saturated heterocycles. The van der Waals surface area contributed by atoms with E-state index in [0.29, 0.717) is 0 Å². The summed E-state index contributed by atoms with van der Waals surface area (Å²) in [6.07, 6.45) is 2.50. The van der Waals surface area contributed by atoms with Crippen molar-refractivity contribution in [3.05, 3.63) is 12.2 Å². The average Bonchev–Trinajstić information content (AvgIpc) is 3.06. The Morgan fingerprint density at radius 3 is 0.875 bits per heavy atom. The molecule has 2 rings (SSSR count). The van der Waals surface area contributed by atoms with Gasteiger partial charge >= 0.3 is 29.1 Å². The van der Waals surface area contributed by atoms with Crippen LogP contribution in [0, 0.1) is 46.3 Å². The van der Waals surface area contributed by atoms with Crippen molar-refractivity contribution in [2.24, 2.45) is 46.3 Å². The molecule has 0 N–H and O–H groups in total. The van der Waals surface area contributed by atoms with Gasteiger partial charge in [-0.3, -0.25) is 0 Å². The van der Waals surface area contributed by atoms with Crippen LogP contribution in [0.3, 0.4) is 0 Å². The van der Waals surface area contributed by atoms with E-state index in [9.17, 15) is 9.59 Å². The molecule has 0 saturated carbocycles. The molecule has 0 spiro atoms. The zero-order valence-corrected chi connectivity index (χ0v) is 49.2. The third-order valence-electron chi connectivity index (χ3n) is 15.1. The van der Waals surface area contributed by atoms with Gasteiger partial charge in [-0.25, -0.2) is 9.59 Å². The van der Waals surface area contributed by atoms with Crippen LogP contribution in [0.15, 0.2) is 12.2 Å². The molecule has 2 unspecified atom stereocenters. The molecule has 2 fully saturated rings. The third kappa shape index (κ3) is 9.15. The average molecular weight is 930 g/mol. The maximum Gasteiger partial charge on any atom is 0.331 e. The molecule has 0 radical (unpaired) electrons. The molecular formula is C36H80O12Si8. The lowest BCUT2D eigenvalue weighted by atomic mass is 9.52. The van der Waals surface area contributed by atoms with E-state index >= 15 is 0 Å². The van der Waals surface area contributed by atoms with Gasteiger partial charge in [-0.1, -0.05) is 125 Å². The van der Waals surface area contributed by atoms with Crippen molar-refractivity contribution in [2.75, 3.05) is 0 Å². The van der Waals surface area contributed by atoms with Gasteiger partial charge in [0.05, 0.1) is 0 Å². The van der Waals surface area contributed by atoms with E-state index in [2.05, 4.69) is 138 Å². The van der Waals surface area contributed by atoms with E-state index < -0.39 is 121 Å². The molecule has 0 aromatic heterocycles. The van der Waals surface area contributed by atoms with E-state index in [1.54, 1.807) is 0 Å². The number of carbonyl (C=O) groups excluding carboxylic acids is 2. The molecule has 0 aliphatic carbocycles. The standard InChI is InChI=1S/C36H80O12Si8/c1-23(2)33(17,31(13,14)55(19)45-51-41-49-42-52-46-55)35(25(5)6,26(7)8)39-29(37)21-22-30(38)40-36(27(9)10,28(11)12)34(18,24(3)4)32(15,16)56(20)47-53-43-50-44-54-48-56/h21-28H,49-54H2,1-20H3/b22-21+. The van der Waals surface area contributed by atoms with Crippen LogP contribution in [-0.4, -0.2) is 100 Å². The van der Waals surface area contributed by atoms with Gasteiger partial charge in [-0.05, 0) is 48.6 Å². The summed E-state index contributed by atoms with van der Waals surface area (Å²) in [5.74, 6) is -1.51. The highest BCUT2D eigenvalue weighted by molar-refractivity contribution is 6.78. The van der Waals surface area contributed by atoms with Crippen LogP contribution >= 0.6 is 0 Å². The minimum absolute atomic E-state index is 0.0436. The number of esters is 2. The fourth-order valence-electron chi connectivity index (χ4n) is 10.9. The van der Waals surface area contributed by atoms with Crippen molar-refractivity contribution in [3.63, 3.8) is 0 Å². The second kappa shape index (κ2) is 19.9. The topological polar surface area (TPSA) is 126 Å². The Balaban J connectivity index is 2.68. The third-order valence-corrected chi connectivity index (χ3v) is 36.7. The summed E-state index contributed by atoms with van der Waals surface area (Å²) in [6.45, 7) is 43.1. The van der Waals surface area contributed by atoms with Gasteiger partial charge in [0, 0.05) is 33.1 Å². The first-order chi connectivity index (χ1) is 25.6. The summed E-state index contributed by atoms with van der Waals surface area (Å²) < 4.78 is 63.8. The summed E-state index contributed by atoms with van der Waals surface area (Å²) in [7, 11) is -13.2. The SMILES string of the molecule is CC(C)C(OC(=O)/C=C/C(=O)OC(C(C)C)(C(C)C)C(C)(C(C)C)C(C)(C)[Si]1(C)O[SiH2]O[SiH2]O[SiH2]O1)(C(C)C)C(C)(C(C)C)C(C)(C)[Si]1(C)O[SiH2]O[SiH2]O[SiH2]O1. The van der Waals surface area contributed by atoms with Crippen molar-refractivity contribution in [2.45, 2.75) is 159 Å². The molecule has 2 aliphatic rings. The predicted octanol–water partition coefficient (Wildman–Crippen LogP) is 3.91. The van der Waals surface area contributed by atoms with Crippen molar-refractivity contribution in [3.8, 4) is 0 Å². The first-order valence-corrected chi connectivity index (χ1v) is 32.1. The second-order valence-corrected chi connectivity index (χ2v) is 38.2. The molecule has 12 nitrogen and oxygen atoms in total. The molecule has 20 heteroatoms. The number of ether oxygens (including phenoxy) is 2. The Bertz CT molecular complexity index is 1210. The van der Waals surface area contributed by atoms with Gasteiger partial charge in [0.1, 0.15) is 11.2 Å². The molecule has 2 atom stereocenters. The van der Waals surface area contributed by atoms with Gasteiger partial charge < -0.3 is 42.4 Å². The molecule has 0 bridgehead atoms. The molecule has 0 amide bonds. The van der Waals surface area contributed by atoms with E-state index in [1.165, 1.54) is 12.2 Å². The van der Waals surface area contributed by atoms with Crippen molar-refractivity contribution in [1.29, 1.82) is 0 Å². The zero-order chi connectivity index (χ0) is 43.3. The Kier molecular flexibility index (Phi) is 18.5. The van der Waals surface area contributed by atoms with Gasteiger partial charge in [-0.15, -0.1) is 0 Å². The van der Waals surface area contributed by atoms with Crippen LogP contribution in [0.25, 0.3) is 0 Å². The first-order valence-electron chi connectivity index (χ1n) is 20.6. The van der Waals surface area contributed by atoms with Crippen LogP contribution in [0.4, 0.5) is 0 Å². The highest BCUT2D eigenvalue weighted by atomic mass is 28.5. The number of hydrogen-bond donors (Lipinski definition) is 0. The monoisotopic (exact) mass is 928 g/mol. The van der Waals surface area contributed by atoms with E-state index in [1.807, 2.05) is 0 Å². The highest BCUT2D eigenvalue weighted by Gasteiger charge is 2.71. The lowest BCUT2D eigenvalue weighted by Crippen LogP contribution is -2.69. The van der Waals surface area contributed by atoms with Gasteiger partial charge in [0.15, 0.2) is 0 Å². The molecule has 2 aliphatic heterocycles. The van der Waals surface area contributed by atoms with E-state index in [-0.39, 0.29) is 35.5 Å². The maximum absolute atomic E-state index is 14.3. The molecular weight excluding hydrogens is 849 g/mol. The first kappa shape index (κ1) is 52.2. The number of rotatable bonds is 16. The molecule has 0 aromatic carbocycles. The summed E-state index contributed by atoms with van der Waals surface area (Å²) in [5.41, 5.74) is -3.26. The van der Waals surface area contributed by atoms with E-state index in [0.717, 1.165) is 0 Å². The van der Waals surface area contributed by atoms with Crippen molar-refractivity contribution < 1.29 is 52.0 Å². The smallest absolute Gasteiger partial charge is 0.331 e. The Morgan fingerprint density at radius 1 is 0.446 bits per heavy atom. The molecule has 0 aromatic rings. The number of hydrogen-bond acceptors (Lipinski definition) is 12. The predicted molar refractivity (Wildman–Crippen MR) is 243 cm³/mol. The summed E-state index contributed by atoms with van der Waals surface area (Å²) in [5, 5.41) is -1.12. The van der Waals surface area contributed by atoms with Crippen LogP contribution in [-0.2, 0) is 52.0 Å². The maximum atomic E-state index is 14.3. The minimum Gasteiger partial charge on any atom is -0.455 e. The van der Waals surface area contributed by atoms with Crippen LogP contribution in [0.5, 0.6) is 0 Å². The lowest BCUT2D eigenvalue weighted by Gasteiger charge is -2.64. The number of carbonyl (C=O) groups is 2. The largest absolute Gasteiger partial charge is 0.455 e. The highest BCUT2D eigenvalue weighted by Crippen LogP contribution is 2.67. The molecule has 328 valence electrons. The second-order valence-electron chi connectivity index (χ2n) is 19.3. The quantitative estimate of drug-likeness (QED) is 0.127. The Hall–Kier alpha value is 0.0951. The summed E-state index contributed by atoms with van der Waals surface area (Å²) in [6, 6.07) is 0. The molecule has 2 heterocycles. The Labute approximate surface area is 356 Å².